The van der Waals surface area contributed by atoms with Gasteiger partial charge in [-0.2, -0.15) is 0 Å². The summed E-state index contributed by atoms with van der Waals surface area (Å²) in [5, 5.41) is 5.31. The van der Waals surface area contributed by atoms with Crippen molar-refractivity contribution in [1.29, 1.82) is 0 Å². The third-order valence-corrected chi connectivity index (χ3v) is 3.83. The van der Waals surface area contributed by atoms with Gasteiger partial charge in [0.15, 0.2) is 5.11 Å². The molecule has 0 aromatic carbocycles. The van der Waals surface area contributed by atoms with E-state index in [2.05, 4.69) is 5.32 Å². The monoisotopic (exact) mass is 290 g/mol. The molecule has 2 aromatic rings. The first-order chi connectivity index (χ1) is 9.24. The Morgan fingerprint density at radius 2 is 2.32 bits per heavy atom. The second kappa shape index (κ2) is 4.99. The molecule has 4 nitrogen and oxygen atoms in total. The molecular weight excluding hydrogens is 280 g/mol. The molecule has 1 aliphatic heterocycles. The smallest absolute Gasteiger partial charge is 0.276 e. The molecule has 0 radical (unpaired) electrons. The molecule has 0 saturated carbocycles. The summed E-state index contributed by atoms with van der Waals surface area (Å²) in [6.45, 7) is 0.347. The first-order valence-corrected chi connectivity index (χ1v) is 6.93. The molecule has 0 aliphatic carbocycles. The maximum absolute atomic E-state index is 12.2. The summed E-state index contributed by atoms with van der Waals surface area (Å²) in [6.07, 6.45) is 3.39. The molecule has 3 rings (SSSR count). The molecule has 96 valence electrons. The number of furan rings is 1. The van der Waals surface area contributed by atoms with Gasteiger partial charge in [0.25, 0.3) is 5.91 Å². The van der Waals surface area contributed by atoms with E-state index < -0.39 is 0 Å². The minimum absolute atomic E-state index is 0.130. The van der Waals surface area contributed by atoms with Crippen molar-refractivity contribution < 1.29 is 9.21 Å². The highest BCUT2D eigenvalue weighted by molar-refractivity contribution is 7.80. The SMILES string of the molecule is O=C1/C(=C\c2cccs2)NC(=S)N1Cc1ccco1. The van der Waals surface area contributed by atoms with Crippen molar-refractivity contribution in [3.63, 3.8) is 0 Å². The molecule has 1 saturated heterocycles. The molecule has 0 unspecified atom stereocenters. The molecule has 1 aliphatic rings. The summed E-state index contributed by atoms with van der Waals surface area (Å²) in [6, 6.07) is 7.49. The van der Waals surface area contributed by atoms with E-state index in [0.717, 1.165) is 4.88 Å². The molecule has 2 aromatic heterocycles. The van der Waals surface area contributed by atoms with E-state index in [-0.39, 0.29) is 5.91 Å². The van der Waals surface area contributed by atoms with E-state index in [1.54, 1.807) is 29.7 Å². The Bertz CT molecular complexity index is 630. The van der Waals surface area contributed by atoms with Gasteiger partial charge < -0.3 is 9.73 Å². The molecule has 1 fully saturated rings. The maximum Gasteiger partial charge on any atom is 0.276 e. The number of nitrogens with one attached hydrogen (secondary N) is 1. The zero-order valence-corrected chi connectivity index (χ0v) is 11.5. The van der Waals surface area contributed by atoms with E-state index in [0.29, 0.717) is 23.1 Å². The van der Waals surface area contributed by atoms with Crippen LogP contribution in [0.5, 0.6) is 0 Å². The average Bonchev–Trinajstić information content (AvgIpc) is 3.10. The van der Waals surface area contributed by atoms with Crippen molar-refractivity contribution in [2.24, 2.45) is 0 Å². The molecule has 19 heavy (non-hydrogen) atoms. The first-order valence-electron chi connectivity index (χ1n) is 5.64. The van der Waals surface area contributed by atoms with Gasteiger partial charge in [-0.25, -0.2) is 0 Å². The lowest BCUT2D eigenvalue weighted by Crippen LogP contribution is -2.29. The first kappa shape index (κ1) is 12.1. The highest BCUT2D eigenvalue weighted by atomic mass is 32.1. The fraction of sp³-hybridized carbons (Fsp3) is 0.0769. The van der Waals surface area contributed by atoms with Crippen LogP contribution in [0.4, 0.5) is 0 Å². The van der Waals surface area contributed by atoms with Crippen LogP contribution in [0.3, 0.4) is 0 Å². The summed E-state index contributed by atoms with van der Waals surface area (Å²) < 4.78 is 5.23. The molecular formula is C13H10N2O2S2. The van der Waals surface area contributed by atoms with Crippen LogP contribution in [0.15, 0.2) is 46.0 Å². The van der Waals surface area contributed by atoms with E-state index in [1.165, 1.54) is 4.90 Å². The minimum Gasteiger partial charge on any atom is -0.467 e. The van der Waals surface area contributed by atoms with E-state index in [1.807, 2.05) is 23.6 Å². The summed E-state index contributed by atoms with van der Waals surface area (Å²) >= 11 is 6.75. The van der Waals surface area contributed by atoms with Crippen molar-refractivity contribution >= 4 is 40.7 Å². The van der Waals surface area contributed by atoms with Crippen LogP contribution in [0.25, 0.3) is 6.08 Å². The second-order valence-electron chi connectivity index (χ2n) is 3.97. The van der Waals surface area contributed by atoms with Crippen molar-refractivity contribution in [2.75, 3.05) is 0 Å². The van der Waals surface area contributed by atoms with Crippen LogP contribution in [0.1, 0.15) is 10.6 Å². The van der Waals surface area contributed by atoms with Gasteiger partial charge in [-0.3, -0.25) is 9.69 Å². The van der Waals surface area contributed by atoms with Gasteiger partial charge in [0.2, 0.25) is 0 Å². The minimum atomic E-state index is -0.130. The molecule has 6 heteroatoms. The molecule has 0 atom stereocenters. The van der Waals surface area contributed by atoms with Gasteiger partial charge in [0.1, 0.15) is 11.5 Å². The number of thiophene rings is 1. The lowest BCUT2D eigenvalue weighted by Gasteiger charge is -2.11. The summed E-state index contributed by atoms with van der Waals surface area (Å²) in [5.41, 5.74) is 0.499. The number of carbonyl (C=O) groups excluding carboxylic acids is 1. The predicted octanol–water partition coefficient (Wildman–Crippen LogP) is 2.60. The van der Waals surface area contributed by atoms with Gasteiger partial charge >= 0.3 is 0 Å². The summed E-state index contributed by atoms with van der Waals surface area (Å²) in [7, 11) is 0. The molecule has 0 bridgehead atoms. The van der Waals surface area contributed by atoms with Gasteiger partial charge in [-0.05, 0) is 41.9 Å². The molecule has 1 N–H and O–H groups in total. The lowest BCUT2D eigenvalue weighted by molar-refractivity contribution is -0.122. The van der Waals surface area contributed by atoms with Crippen LogP contribution in [0.2, 0.25) is 0 Å². The topological polar surface area (TPSA) is 45.5 Å². The number of hydrogen-bond donors (Lipinski definition) is 1. The van der Waals surface area contributed by atoms with Crippen molar-refractivity contribution in [3.8, 4) is 0 Å². The van der Waals surface area contributed by atoms with Crippen LogP contribution in [-0.4, -0.2) is 15.9 Å². The third-order valence-electron chi connectivity index (χ3n) is 2.69. The Kier molecular flexibility index (Phi) is 3.18. The van der Waals surface area contributed by atoms with Crippen molar-refractivity contribution in [2.45, 2.75) is 6.54 Å². The van der Waals surface area contributed by atoms with Crippen LogP contribution < -0.4 is 5.32 Å². The number of hydrogen-bond acceptors (Lipinski definition) is 4. The van der Waals surface area contributed by atoms with Gasteiger partial charge in [0.05, 0.1) is 12.8 Å². The Balaban J connectivity index is 1.81. The van der Waals surface area contributed by atoms with Crippen LogP contribution in [0, 0.1) is 0 Å². The van der Waals surface area contributed by atoms with Crippen LogP contribution in [-0.2, 0) is 11.3 Å². The summed E-state index contributed by atoms with van der Waals surface area (Å²) in [5.74, 6) is 0.574. The summed E-state index contributed by atoms with van der Waals surface area (Å²) in [4.78, 5) is 14.7. The molecule has 0 spiro atoms. The fourth-order valence-electron chi connectivity index (χ4n) is 1.79. The third kappa shape index (κ3) is 2.45. The number of amides is 1. The zero-order chi connectivity index (χ0) is 13.2. The van der Waals surface area contributed by atoms with Crippen molar-refractivity contribution in [1.82, 2.24) is 10.2 Å². The normalized spacial score (nSPS) is 17.3. The molecule has 1 amide bonds. The maximum atomic E-state index is 12.2. The van der Waals surface area contributed by atoms with Gasteiger partial charge in [-0.15, -0.1) is 11.3 Å². The standard InChI is InChI=1S/C13H10N2O2S2/c16-12-11(7-10-4-2-6-19-10)14-13(18)15(12)8-9-3-1-5-17-9/h1-7H,8H2,(H,14,18)/b11-7+. The Hall–Kier alpha value is -1.92. The predicted molar refractivity (Wildman–Crippen MR) is 77.3 cm³/mol. The van der Waals surface area contributed by atoms with E-state index >= 15 is 0 Å². The van der Waals surface area contributed by atoms with Crippen molar-refractivity contribution in [3.05, 3.63) is 52.2 Å². The number of carbonyl (C=O) groups is 1. The Morgan fingerprint density at radius 3 is 3.00 bits per heavy atom. The highest BCUT2D eigenvalue weighted by Gasteiger charge is 2.31. The number of thiocarbonyl (C=S) groups is 1. The largest absolute Gasteiger partial charge is 0.467 e. The van der Waals surface area contributed by atoms with E-state index in [9.17, 15) is 4.79 Å². The fourth-order valence-corrected chi connectivity index (χ4v) is 2.70. The Morgan fingerprint density at radius 1 is 1.42 bits per heavy atom. The highest BCUT2D eigenvalue weighted by Crippen LogP contribution is 2.19. The Labute approximate surface area is 119 Å². The van der Waals surface area contributed by atoms with Gasteiger partial charge in [0, 0.05) is 4.88 Å². The second-order valence-corrected chi connectivity index (χ2v) is 5.34. The van der Waals surface area contributed by atoms with E-state index in [4.69, 9.17) is 16.6 Å². The van der Waals surface area contributed by atoms with Crippen LogP contribution >= 0.6 is 23.6 Å². The quantitative estimate of drug-likeness (QED) is 0.697. The lowest BCUT2D eigenvalue weighted by atomic mass is 10.3. The average molecular weight is 290 g/mol. The number of rotatable bonds is 3. The number of nitrogens with zero attached hydrogens (tertiary/aromatic N) is 1. The van der Waals surface area contributed by atoms with Gasteiger partial charge in [-0.1, -0.05) is 6.07 Å². The zero-order valence-electron chi connectivity index (χ0n) is 9.83. The molecule has 3 heterocycles.